The molecule has 0 saturated carbocycles. The van der Waals surface area contributed by atoms with Crippen molar-refractivity contribution in [1.29, 1.82) is 0 Å². The number of rotatable bonds is 8. The predicted molar refractivity (Wildman–Crippen MR) is 136 cm³/mol. The summed E-state index contributed by atoms with van der Waals surface area (Å²) in [7, 11) is -8.96. The minimum Gasteiger partial charge on any atom is -0.444 e. The lowest BCUT2D eigenvalue weighted by atomic mass is 9.86. The number of hydrogen-bond donors (Lipinski definition) is 6. The molecule has 6 heterocycles. The lowest BCUT2D eigenvalue weighted by molar-refractivity contribution is -0.0354. The molecule has 1 amide bonds. The fourth-order valence-corrected chi connectivity index (χ4v) is 9.05. The minimum atomic E-state index is -4.73. The van der Waals surface area contributed by atoms with Crippen LogP contribution < -0.4 is 5.32 Å². The van der Waals surface area contributed by atoms with E-state index >= 15 is 0 Å². The van der Waals surface area contributed by atoms with Crippen molar-refractivity contribution in [3.63, 3.8) is 0 Å². The van der Waals surface area contributed by atoms with E-state index in [0.717, 1.165) is 25.9 Å². The van der Waals surface area contributed by atoms with E-state index in [2.05, 4.69) is 25.2 Å². The van der Waals surface area contributed by atoms with Crippen LogP contribution in [0.15, 0.2) is 6.33 Å². The minimum absolute atomic E-state index is 0.0294. The summed E-state index contributed by atoms with van der Waals surface area (Å²) < 4.78 is 35.9. The van der Waals surface area contributed by atoms with E-state index in [1.807, 2.05) is 0 Å². The quantitative estimate of drug-likeness (QED) is 0.177. The van der Waals surface area contributed by atoms with Crippen molar-refractivity contribution in [3.8, 4) is 0 Å². The smallest absolute Gasteiger partial charge is 0.413 e. The summed E-state index contributed by atoms with van der Waals surface area (Å²) in [5.74, 6) is -0.932. The first kappa shape index (κ1) is 28.8. The number of aliphatic hydroxyl groups excluding tert-OH is 2. The summed E-state index contributed by atoms with van der Waals surface area (Å²) in [5.41, 5.74) is 0.180. The SMILES string of the molecule is O=C(Nc1nc(Cl)nc2c1ncn2C1OC(CCP(=O)(O)CP(=O)(O)O)C(O)C1O)OC1CN2CCC1CC2. The summed E-state index contributed by atoms with van der Waals surface area (Å²) in [6.07, 6.45) is -4.00. The fourth-order valence-electron chi connectivity index (χ4n) is 5.36. The number of nitrogens with zero attached hydrogens (tertiary/aromatic N) is 5. The van der Waals surface area contributed by atoms with Crippen LogP contribution in [-0.2, 0) is 18.6 Å². The molecule has 0 aliphatic carbocycles. The second-order valence-corrected chi connectivity index (χ2v) is 15.0. The number of carbonyl (C=O) groups excluding carboxylic acids is 1. The number of halogens is 1. The number of hydrogen-bond acceptors (Lipinski definition) is 11. The number of aliphatic hydroxyl groups is 2. The van der Waals surface area contributed by atoms with E-state index in [1.165, 1.54) is 10.9 Å². The van der Waals surface area contributed by atoms with E-state index in [1.54, 1.807) is 0 Å². The zero-order valence-corrected chi connectivity index (χ0v) is 23.0. The molecule has 19 heteroatoms. The van der Waals surface area contributed by atoms with Crippen LogP contribution in [0.3, 0.4) is 0 Å². The summed E-state index contributed by atoms with van der Waals surface area (Å²) >= 11 is 6.10. The zero-order chi connectivity index (χ0) is 28.1. The Morgan fingerprint density at radius 2 is 1.90 bits per heavy atom. The van der Waals surface area contributed by atoms with Crippen LogP contribution in [0, 0.1) is 5.92 Å². The third-order valence-corrected chi connectivity index (χ3v) is 11.6. The Labute approximate surface area is 226 Å². The van der Waals surface area contributed by atoms with Gasteiger partial charge in [-0.2, -0.15) is 9.97 Å². The number of amides is 1. The van der Waals surface area contributed by atoms with Gasteiger partial charge in [0.1, 0.15) is 24.2 Å². The van der Waals surface area contributed by atoms with E-state index < -0.39 is 57.7 Å². The van der Waals surface area contributed by atoms with Crippen LogP contribution in [0.5, 0.6) is 0 Å². The molecule has 4 saturated heterocycles. The van der Waals surface area contributed by atoms with Crippen LogP contribution in [0.2, 0.25) is 5.28 Å². The first-order chi connectivity index (χ1) is 18.3. The maximum absolute atomic E-state index is 12.7. The number of ether oxygens (including phenoxy) is 2. The van der Waals surface area contributed by atoms with E-state index in [0.29, 0.717) is 12.5 Å². The highest BCUT2D eigenvalue weighted by atomic mass is 35.5. The lowest BCUT2D eigenvalue weighted by Gasteiger charge is -2.43. The van der Waals surface area contributed by atoms with Gasteiger partial charge in [0.05, 0.1) is 12.4 Å². The van der Waals surface area contributed by atoms with Gasteiger partial charge < -0.3 is 34.4 Å². The first-order valence-electron chi connectivity index (χ1n) is 12.3. The van der Waals surface area contributed by atoms with Gasteiger partial charge in [-0.25, -0.2) is 9.78 Å². The van der Waals surface area contributed by atoms with Gasteiger partial charge in [-0.1, -0.05) is 0 Å². The monoisotopic (exact) mass is 610 g/mol. The fraction of sp³-hybridized carbons (Fsp3) is 0.700. The zero-order valence-electron chi connectivity index (χ0n) is 20.5. The van der Waals surface area contributed by atoms with Crippen LogP contribution in [0.4, 0.5) is 10.6 Å². The highest BCUT2D eigenvalue weighted by Crippen LogP contribution is 2.55. The Kier molecular flexibility index (Phi) is 8.08. The average Bonchev–Trinajstić information content (AvgIpc) is 3.38. The van der Waals surface area contributed by atoms with Crippen molar-refractivity contribution < 1.29 is 48.3 Å². The Hall–Kier alpha value is -1.71. The summed E-state index contributed by atoms with van der Waals surface area (Å²) in [6.45, 7) is 2.64. The van der Waals surface area contributed by atoms with E-state index in [9.17, 15) is 29.0 Å². The second-order valence-electron chi connectivity index (χ2n) is 10.1. The highest BCUT2D eigenvalue weighted by Gasteiger charge is 2.45. The number of fused-ring (bicyclic) bond motifs is 4. The molecule has 0 radical (unpaired) electrons. The number of anilines is 1. The molecule has 0 aromatic carbocycles. The molecule has 2 aromatic rings. The largest absolute Gasteiger partial charge is 0.444 e. The molecule has 4 aliphatic rings. The molecular formula is C20H29ClN6O10P2. The van der Waals surface area contributed by atoms with Crippen molar-refractivity contribution in [2.75, 3.05) is 37.0 Å². The molecule has 6 unspecified atom stereocenters. The van der Waals surface area contributed by atoms with Crippen molar-refractivity contribution in [3.05, 3.63) is 11.6 Å². The van der Waals surface area contributed by atoms with Gasteiger partial charge in [0, 0.05) is 12.7 Å². The average molecular weight is 611 g/mol. The Morgan fingerprint density at radius 3 is 2.54 bits per heavy atom. The molecule has 0 spiro atoms. The van der Waals surface area contributed by atoms with Gasteiger partial charge in [-0.3, -0.25) is 23.9 Å². The van der Waals surface area contributed by atoms with Crippen LogP contribution in [0.1, 0.15) is 25.5 Å². The molecule has 2 bridgehead atoms. The number of carbonyl (C=O) groups is 1. The van der Waals surface area contributed by atoms with Gasteiger partial charge in [-0.15, -0.1) is 0 Å². The van der Waals surface area contributed by atoms with E-state index in [-0.39, 0.29) is 34.8 Å². The maximum Gasteiger partial charge on any atom is 0.413 e. The van der Waals surface area contributed by atoms with Gasteiger partial charge >= 0.3 is 13.7 Å². The maximum atomic E-state index is 12.7. The predicted octanol–water partition coefficient (Wildman–Crippen LogP) is 0.537. The lowest BCUT2D eigenvalue weighted by Crippen LogP contribution is -2.52. The molecule has 6 atom stereocenters. The summed E-state index contributed by atoms with van der Waals surface area (Å²) in [5, 5.41) is 23.4. The van der Waals surface area contributed by atoms with Crippen LogP contribution in [0.25, 0.3) is 11.2 Å². The molecular weight excluding hydrogens is 582 g/mol. The summed E-state index contributed by atoms with van der Waals surface area (Å²) in [4.78, 5) is 55.2. The molecule has 6 N–H and O–H groups in total. The topological polar surface area (TPSA) is 230 Å². The van der Waals surface area contributed by atoms with Gasteiger partial charge in [0.2, 0.25) is 12.7 Å². The van der Waals surface area contributed by atoms with Crippen molar-refractivity contribution in [2.24, 2.45) is 5.92 Å². The number of piperidine rings is 3. The van der Waals surface area contributed by atoms with Crippen LogP contribution >= 0.6 is 26.6 Å². The Morgan fingerprint density at radius 1 is 1.18 bits per heavy atom. The number of imidazole rings is 1. The van der Waals surface area contributed by atoms with Crippen molar-refractivity contribution in [2.45, 2.75) is 49.9 Å². The molecule has 4 aliphatic heterocycles. The Bertz CT molecular complexity index is 1330. The molecule has 6 rings (SSSR count). The molecule has 216 valence electrons. The standard InChI is InChI=1S/C20H29ClN6O10P2/c21-19-23-16(24-20(30)37-12-7-26-4-1-10(12)2-5-26)13-17(25-19)27(8-22-13)18-15(29)14(28)11(36-18)3-6-38(31,32)9-39(33,34)35/h8,10-12,14-15,18,28-29H,1-7,9H2,(H,31,32)(H2,33,34,35)(H,23,24,25,30). The van der Waals surface area contributed by atoms with Crippen LogP contribution in [-0.4, -0.2) is 112 Å². The summed E-state index contributed by atoms with van der Waals surface area (Å²) in [6, 6.07) is 0. The first-order valence-corrected chi connectivity index (χ1v) is 16.5. The second kappa shape index (κ2) is 10.9. The number of aromatic nitrogens is 4. The molecule has 39 heavy (non-hydrogen) atoms. The third kappa shape index (κ3) is 6.46. The normalized spacial score (nSPS) is 32.3. The number of nitrogens with one attached hydrogen (secondary N) is 1. The molecule has 16 nitrogen and oxygen atoms in total. The van der Waals surface area contributed by atoms with Gasteiger partial charge in [-0.05, 0) is 49.9 Å². The van der Waals surface area contributed by atoms with Gasteiger partial charge in [0.15, 0.2) is 23.2 Å². The third-order valence-electron chi connectivity index (χ3n) is 7.25. The van der Waals surface area contributed by atoms with E-state index in [4.69, 9.17) is 30.9 Å². The van der Waals surface area contributed by atoms with Crippen molar-refractivity contribution >= 4 is 49.6 Å². The van der Waals surface area contributed by atoms with Crippen molar-refractivity contribution in [1.82, 2.24) is 24.4 Å². The van der Waals surface area contributed by atoms with Gasteiger partial charge in [0.25, 0.3) is 0 Å². The molecule has 4 fully saturated rings. The highest BCUT2D eigenvalue weighted by molar-refractivity contribution is 7.72. The Balaban J connectivity index is 1.29. The molecule has 2 aromatic heterocycles.